The van der Waals surface area contributed by atoms with Crippen molar-refractivity contribution in [1.82, 2.24) is 5.32 Å². The van der Waals surface area contributed by atoms with Gasteiger partial charge in [0.2, 0.25) is 0 Å². The summed E-state index contributed by atoms with van der Waals surface area (Å²) in [5.74, 6) is 0. The third kappa shape index (κ3) is 4.42. The molecule has 0 aliphatic heterocycles. The fraction of sp³-hybridized carbons (Fsp3) is 0.778. The van der Waals surface area contributed by atoms with Gasteiger partial charge >= 0.3 is 0 Å². The molecule has 0 aromatic rings. The van der Waals surface area contributed by atoms with Gasteiger partial charge in [-0.1, -0.05) is 26.8 Å². The van der Waals surface area contributed by atoms with Gasteiger partial charge in [0.15, 0.2) is 0 Å². The largest absolute Gasteiger partial charge is 0.392 e. The monoisotopic (exact) mass is 141 g/mol. The second kappa shape index (κ2) is 3.65. The minimum Gasteiger partial charge on any atom is -0.392 e. The van der Waals surface area contributed by atoms with E-state index < -0.39 is 0 Å². The first-order valence-corrected chi connectivity index (χ1v) is 3.82. The van der Waals surface area contributed by atoms with E-state index in [0.29, 0.717) is 5.41 Å². The fourth-order valence-corrected chi connectivity index (χ4v) is 0.906. The van der Waals surface area contributed by atoms with Crippen molar-refractivity contribution >= 4 is 0 Å². The van der Waals surface area contributed by atoms with E-state index in [0.717, 1.165) is 6.42 Å². The molecule has 0 unspecified atom stereocenters. The molecule has 0 rings (SSSR count). The fourth-order valence-electron chi connectivity index (χ4n) is 0.906. The maximum absolute atomic E-state index is 3.17. The summed E-state index contributed by atoms with van der Waals surface area (Å²) in [6, 6.07) is 0. The maximum Gasteiger partial charge on any atom is 0.00659 e. The lowest BCUT2D eigenvalue weighted by atomic mass is 9.90. The number of hydrogen-bond acceptors (Lipinski definition) is 1. The molecule has 0 fully saturated rings. The van der Waals surface area contributed by atoms with Gasteiger partial charge in [0.25, 0.3) is 0 Å². The Morgan fingerprint density at radius 2 is 1.90 bits per heavy atom. The minimum absolute atomic E-state index is 0.394. The van der Waals surface area contributed by atoms with Gasteiger partial charge in [0.05, 0.1) is 0 Å². The summed E-state index contributed by atoms with van der Waals surface area (Å²) in [7, 11) is 1.97. The van der Waals surface area contributed by atoms with Crippen molar-refractivity contribution in [2.24, 2.45) is 5.41 Å². The summed E-state index contributed by atoms with van der Waals surface area (Å²) in [4.78, 5) is 0. The molecular formula is C9H19N. The van der Waals surface area contributed by atoms with Crippen molar-refractivity contribution in [2.75, 3.05) is 7.05 Å². The van der Waals surface area contributed by atoms with Gasteiger partial charge in [-0.2, -0.15) is 0 Å². The molecule has 60 valence electrons. The van der Waals surface area contributed by atoms with Gasteiger partial charge in [-0.25, -0.2) is 0 Å². The van der Waals surface area contributed by atoms with E-state index in [9.17, 15) is 0 Å². The molecule has 0 radical (unpaired) electrons. The van der Waals surface area contributed by atoms with E-state index in [1.165, 1.54) is 5.70 Å². The first-order valence-electron chi connectivity index (χ1n) is 3.82. The Morgan fingerprint density at radius 1 is 1.40 bits per heavy atom. The second-order valence-electron chi connectivity index (χ2n) is 3.80. The number of rotatable bonds is 2. The molecule has 0 aliphatic rings. The molecule has 0 bridgehead atoms. The molecule has 0 amide bonds. The molecule has 0 heterocycles. The molecule has 0 aromatic heterocycles. The molecule has 0 saturated carbocycles. The highest BCUT2D eigenvalue weighted by Gasteiger charge is 2.10. The molecule has 1 heteroatoms. The Kier molecular flexibility index (Phi) is 3.48. The molecule has 1 nitrogen and oxygen atoms in total. The van der Waals surface area contributed by atoms with Crippen molar-refractivity contribution in [3.63, 3.8) is 0 Å². The van der Waals surface area contributed by atoms with Gasteiger partial charge < -0.3 is 5.32 Å². The number of nitrogens with one attached hydrogen (secondary N) is 1. The van der Waals surface area contributed by atoms with E-state index in [4.69, 9.17) is 0 Å². The standard InChI is InChI=1S/C9H19N/c1-6-8(10-5)7-9(2,3)4/h6,10H,7H2,1-5H3/b8-6-. The molecule has 1 N–H and O–H groups in total. The third-order valence-electron chi connectivity index (χ3n) is 1.39. The third-order valence-corrected chi connectivity index (χ3v) is 1.39. The van der Waals surface area contributed by atoms with Crippen LogP contribution in [0.25, 0.3) is 0 Å². The van der Waals surface area contributed by atoms with Crippen LogP contribution in [-0.2, 0) is 0 Å². The smallest absolute Gasteiger partial charge is 0.00659 e. The van der Waals surface area contributed by atoms with Crippen LogP contribution in [0.4, 0.5) is 0 Å². The Labute approximate surface area is 64.5 Å². The van der Waals surface area contributed by atoms with Crippen LogP contribution >= 0.6 is 0 Å². The predicted molar refractivity (Wildman–Crippen MR) is 46.9 cm³/mol. The predicted octanol–water partition coefficient (Wildman–Crippen LogP) is 2.55. The number of allylic oxidation sites excluding steroid dienone is 2. The Hall–Kier alpha value is -0.460. The zero-order chi connectivity index (χ0) is 8.20. The first-order chi connectivity index (χ1) is 4.49. The van der Waals surface area contributed by atoms with Crippen molar-refractivity contribution in [3.05, 3.63) is 11.8 Å². The molecular weight excluding hydrogens is 122 g/mol. The zero-order valence-corrected chi connectivity index (χ0v) is 7.78. The van der Waals surface area contributed by atoms with Gasteiger partial charge in [-0.3, -0.25) is 0 Å². The quantitative estimate of drug-likeness (QED) is 0.623. The van der Waals surface area contributed by atoms with Gasteiger partial charge in [0.1, 0.15) is 0 Å². The van der Waals surface area contributed by atoms with E-state index in [-0.39, 0.29) is 0 Å². The molecule has 0 saturated heterocycles. The van der Waals surface area contributed by atoms with Crippen LogP contribution in [0.2, 0.25) is 0 Å². The Bertz CT molecular complexity index is 117. The Balaban J connectivity index is 3.88. The number of hydrogen-bond donors (Lipinski definition) is 1. The lowest BCUT2D eigenvalue weighted by molar-refractivity contribution is 0.401. The van der Waals surface area contributed by atoms with E-state index in [2.05, 4.69) is 39.1 Å². The van der Waals surface area contributed by atoms with Crippen molar-refractivity contribution in [3.8, 4) is 0 Å². The molecule has 0 aliphatic carbocycles. The average Bonchev–Trinajstić information content (AvgIpc) is 1.81. The molecule has 0 spiro atoms. The summed E-state index contributed by atoms with van der Waals surface area (Å²) in [5, 5.41) is 3.17. The first kappa shape index (κ1) is 9.54. The lowest BCUT2D eigenvalue weighted by Crippen LogP contribution is -2.14. The van der Waals surface area contributed by atoms with Crippen LogP contribution in [0.3, 0.4) is 0 Å². The van der Waals surface area contributed by atoms with Gasteiger partial charge in [0, 0.05) is 12.7 Å². The highest BCUT2D eigenvalue weighted by molar-refractivity contribution is 4.99. The summed E-state index contributed by atoms with van der Waals surface area (Å²) < 4.78 is 0. The van der Waals surface area contributed by atoms with Crippen LogP contribution in [0.5, 0.6) is 0 Å². The van der Waals surface area contributed by atoms with E-state index in [1.54, 1.807) is 0 Å². The topological polar surface area (TPSA) is 12.0 Å². The Morgan fingerprint density at radius 3 is 2.00 bits per heavy atom. The van der Waals surface area contributed by atoms with Crippen LogP contribution in [0.15, 0.2) is 11.8 Å². The molecule has 10 heavy (non-hydrogen) atoms. The lowest BCUT2D eigenvalue weighted by Gasteiger charge is -2.19. The minimum atomic E-state index is 0.394. The average molecular weight is 141 g/mol. The van der Waals surface area contributed by atoms with Gasteiger partial charge in [-0.05, 0) is 18.8 Å². The van der Waals surface area contributed by atoms with Crippen LogP contribution in [0.1, 0.15) is 34.1 Å². The zero-order valence-electron chi connectivity index (χ0n) is 7.78. The summed E-state index contributed by atoms with van der Waals surface area (Å²) in [6.07, 6.45) is 3.26. The second-order valence-corrected chi connectivity index (χ2v) is 3.80. The van der Waals surface area contributed by atoms with E-state index >= 15 is 0 Å². The van der Waals surface area contributed by atoms with Crippen LogP contribution in [0, 0.1) is 5.41 Å². The van der Waals surface area contributed by atoms with E-state index in [1.807, 2.05) is 7.05 Å². The van der Waals surface area contributed by atoms with Crippen molar-refractivity contribution in [2.45, 2.75) is 34.1 Å². The molecule has 0 aromatic carbocycles. The van der Waals surface area contributed by atoms with Crippen molar-refractivity contribution < 1.29 is 0 Å². The van der Waals surface area contributed by atoms with Crippen LogP contribution in [-0.4, -0.2) is 7.05 Å². The van der Waals surface area contributed by atoms with Gasteiger partial charge in [-0.15, -0.1) is 0 Å². The van der Waals surface area contributed by atoms with Crippen LogP contribution < -0.4 is 5.32 Å². The highest BCUT2D eigenvalue weighted by atomic mass is 14.8. The summed E-state index contributed by atoms with van der Waals surface area (Å²) in [5.41, 5.74) is 1.72. The van der Waals surface area contributed by atoms with Crippen molar-refractivity contribution in [1.29, 1.82) is 0 Å². The molecule has 0 atom stereocenters. The normalized spacial score (nSPS) is 13.5. The summed E-state index contributed by atoms with van der Waals surface area (Å²) in [6.45, 7) is 8.80. The highest BCUT2D eigenvalue weighted by Crippen LogP contribution is 2.21. The summed E-state index contributed by atoms with van der Waals surface area (Å²) >= 11 is 0. The SMILES string of the molecule is C/C=C(/CC(C)(C)C)NC. The maximum atomic E-state index is 3.17.